The van der Waals surface area contributed by atoms with Crippen molar-refractivity contribution in [3.05, 3.63) is 41.6 Å². The van der Waals surface area contributed by atoms with E-state index in [0.717, 1.165) is 29.8 Å². The van der Waals surface area contributed by atoms with Crippen molar-refractivity contribution in [2.75, 3.05) is 25.0 Å². The Morgan fingerprint density at radius 2 is 1.90 bits per heavy atom. The van der Waals surface area contributed by atoms with Crippen LogP contribution in [0.25, 0.3) is 5.69 Å². The quantitative estimate of drug-likeness (QED) is 0.679. The van der Waals surface area contributed by atoms with Crippen molar-refractivity contribution < 1.29 is 9.59 Å². The molecule has 2 rings (SSSR count). The van der Waals surface area contributed by atoms with Crippen molar-refractivity contribution in [1.82, 2.24) is 20.0 Å². The zero-order chi connectivity index (χ0) is 22.3. The van der Waals surface area contributed by atoms with Crippen LogP contribution in [-0.4, -0.2) is 46.3 Å². The molecule has 0 aliphatic carbocycles. The van der Waals surface area contributed by atoms with E-state index >= 15 is 0 Å². The largest absolute Gasteiger partial charge is 0.338 e. The van der Waals surface area contributed by atoms with Crippen LogP contribution >= 0.6 is 0 Å². The fourth-order valence-electron chi connectivity index (χ4n) is 3.01. The van der Waals surface area contributed by atoms with Gasteiger partial charge >= 0.3 is 6.03 Å². The minimum Gasteiger partial charge on any atom is -0.338 e. The van der Waals surface area contributed by atoms with Gasteiger partial charge in [0.2, 0.25) is 5.91 Å². The maximum atomic E-state index is 12.8. The number of benzene rings is 1. The summed E-state index contributed by atoms with van der Waals surface area (Å²) in [5.41, 5.74) is 2.71. The van der Waals surface area contributed by atoms with E-state index in [4.69, 9.17) is 5.10 Å². The topological polar surface area (TPSA) is 79.3 Å². The van der Waals surface area contributed by atoms with E-state index in [1.165, 1.54) is 0 Å². The van der Waals surface area contributed by atoms with Crippen LogP contribution in [0.3, 0.4) is 0 Å². The molecule has 0 bridgehead atoms. The highest BCUT2D eigenvalue weighted by atomic mass is 16.2. The summed E-state index contributed by atoms with van der Waals surface area (Å²) in [6.07, 6.45) is 1.80. The second kappa shape index (κ2) is 10.3. The van der Waals surface area contributed by atoms with Crippen LogP contribution < -0.4 is 10.6 Å². The Kier molecular flexibility index (Phi) is 8.03. The van der Waals surface area contributed by atoms with Gasteiger partial charge in [0.15, 0.2) is 0 Å². The van der Waals surface area contributed by atoms with E-state index in [2.05, 4.69) is 38.3 Å². The van der Waals surface area contributed by atoms with Gasteiger partial charge < -0.3 is 15.5 Å². The predicted octanol–water partition coefficient (Wildman–Crippen LogP) is 4.25. The fourth-order valence-corrected chi connectivity index (χ4v) is 3.01. The molecule has 1 aromatic carbocycles. The minimum atomic E-state index is -0.244. The molecule has 3 amide bonds. The van der Waals surface area contributed by atoms with Crippen molar-refractivity contribution in [3.63, 3.8) is 0 Å². The van der Waals surface area contributed by atoms with E-state index < -0.39 is 0 Å². The summed E-state index contributed by atoms with van der Waals surface area (Å²) < 4.78 is 1.76. The zero-order valence-corrected chi connectivity index (χ0v) is 19.1. The number of nitrogens with zero attached hydrogens (tertiary/aromatic N) is 3. The number of amides is 3. The highest BCUT2D eigenvalue weighted by Gasteiger charge is 2.23. The van der Waals surface area contributed by atoms with Crippen LogP contribution in [-0.2, 0) is 10.2 Å². The predicted molar refractivity (Wildman–Crippen MR) is 121 cm³/mol. The Bertz CT molecular complexity index is 867. The Morgan fingerprint density at radius 1 is 1.17 bits per heavy atom. The van der Waals surface area contributed by atoms with E-state index in [1.54, 1.807) is 9.58 Å². The zero-order valence-electron chi connectivity index (χ0n) is 19.1. The molecule has 7 heteroatoms. The van der Waals surface area contributed by atoms with Crippen LogP contribution in [0.4, 0.5) is 10.6 Å². The van der Waals surface area contributed by atoms with Crippen molar-refractivity contribution in [2.45, 2.75) is 59.8 Å². The molecule has 0 spiro atoms. The molecule has 30 heavy (non-hydrogen) atoms. The number of carbonyl (C=O) groups is 2. The molecule has 0 fully saturated rings. The number of urea groups is 1. The maximum absolute atomic E-state index is 12.8. The van der Waals surface area contributed by atoms with Crippen molar-refractivity contribution in [2.24, 2.45) is 0 Å². The lowest BCUT2D eigenvalue weighted by molar-refractivity contribution is -0.116. The first-order valence-corrected chi connectivity index (χ1v) is 10.7. The molecule has 0 atom stereocenters. The number of aromatic nitrogens is 2. The summed E-state index contributed by atoms with van der Waals surface area (Å²) in [5.74, 6) is 0.355. The molecule has 1 heterocycles. The molecule has 0 saturated carbocycles. The number of hydrogen-bond donors (Lipinski definition) is 2. The van der Waals surface area contributed by atoms with Crippen LogP contribution in [0.1, 0.15) is 58.7 Å². The van der Waals surface area contributed by atoms with Gasteiger partial charge in [-0.1, -0.05) is 46.2 Å². The molecule has 0 radical (unpaired) electrons. The first kappa shape index (κ1) is 23.4. The van der Waals surface area contributed by atoms with Gasteiger partial charge in [-0.25, -0.2) is 9.48 Å². The van der Waals surface area contributed by atoms with Gasteiger partial charge in [0, 0.05) is 24.6 Å². The van der Waals surface area contributed by atoms with Gasteiger partial charge in [-0.15, -0.1) is 0 Å². The third kappa shape index (κ3) is 6.34. The van der Waals surface area contributed by atoms with Crippen molar-refractivity contribution in [1.29, 1.82) is 0 Å². The van der Waals surface area contributed by atoms with E-state index in [-0.39, 0.29) is 23.9 Å². The van der Waals surface area contributed by atoms with Crippen LogP contribution in [0.2, 0.25) is 0 Å². The Balaban J connectivity index is 2.28. The normalized spacial score (nSPS) is 11.3. The fraction of sp³-hybridized carbons (Fsp3) is 0.522. The van der Waals surface area contributed by atoms with E-state index in [1.807, 2.05) is 44.2 Å². The Morgan fingerprint density at radius 3 is 2.50 bits per heavy atom. The Labute approximate surface area is 179 Å². The number of hydrogen-bond acceptors (Lipinski definition) is 3. The third-order valence-electron chi connectivity index (χ3n) is 4.72. The molecule has 0 saturated heterocycles. The molecule has 1 aromatic heterocycles. The monoisotopic (exact) mass is 413 g/mol. The summed E-state index contributed by atoms with van der Waals surface area (Å²) >= 11 is 0. The summed E-state index contributed by atoms with van der Waals surface area (Å²) in [7, 11) is 0. The molecule has 0 aliphatic heterocycles. The average molecular weight is 414 g/mol. The number of nitrogens with one attached hydrogen (secondary N) is 2. The number of rotatable bonds is 8. The number of anilines is 1. The van der Waals surface area contributed by atoms with Gasteiger partial charge in [0.1, 0.15) is 12.4 Å². The molecule has 2 N–H and O–H groups in total. The Hall–Kier alpha value is -2.83. The molecule has 0 aliphatic rings. The lowest BCUT2D eigenvalue weighted by Crippen LogP contribution is -2.44. The second-order valence-corrected chi connectivity index (χ2v) is 8.57. The van der Waals surface area contributed by atoms with Crippen LogP contribution in [0, 0.1) is 6.92 Å². The SMILES string of the molecule is CCCCN(CC(=O)Nc1cc(C(C)(C)C)nn1-c1cccc(C)c1)C(=O)NCC. The maximum Gasteiger partial charge on any atom is 0.317 e. The van der Waals surface area contributed by atoms with Crippen LogP contribution in [0.15, 0.2) is 30.3 Å². The number of unbranched alkanes of at least 4 members (excludes halogenated alkanes) is 1. The highest BCUT2D eigenvalue weighted by Crippen LogP contribution is 2.26. The smallest absolute Gasteiger partial charge is 0.317 e. The average Bonchev–Trinajstić information content (AvgIpc) is 3.09. The minimum absolute atomic E-state index is 0.00428. The summed E-state index contributed by atoms with van der Waals surface area (Å²) in [6.45, 7) is 13.3. The van der Waals surface area contributed by atoms with Gasteiger partial charge in [-0.2, -0.15) is 5.10 Å². The third-order valence-corrected chi connectivity index (χ3v) is 4.72. The second-order valence-electron chi connectivity index (χ2n) is 8.57. The first-order chi connectivity index (χ1) is 14.2. The summed E-state index contributed by atoms with van der Waals surface area (Å²) in [5, 5.41) is 10.5. The standard InChI is InChI=1S/C23H35N5O2/c1-7-9-13-27(22(30)24-8-2)16-21(29)25-20-15-19(23(4,5)6)26-28(20)18-12-10-11-17(3)14-18/h10-12,14-15H,7-9,13,16H2,1-6H3,(H,24,30)(H,25,29). The number of aryl methyl sites for hydroxylation is 1. The number of carbonyl (C=O) groups excluding carboxylic acids is 2. The summed E-state index contributed by atoms with van der Waals surface area (Å²) in [6, 6.07) is 9.66. The van der Waals surface area contributed by atoms with Gasteiger partial charge in [0.05, 0.1) is 11.4 Å². The first-order valence-electron chi connectivity index (χ1n) is 10.7. The van der Waals surface area contributed by atoms with Crippen molar-refractivity contribution >= 4 is 17.8 Å². The highest BCUT2D eigenvalue weighted by molar-refractivity contribution is 5.94. The van der Waals surface area contributed by atoms with Gasteiger partial charge in [-0.3, -0.25) is 4.79 Å². The lowest BCUT2D eigenvalue weighted by Gasteiger charge is -2.22. The summed E-state index contributed by atoms with van der Waals surface area (Å²) in [4.78, 5) is 26.7. The molecular weight excluding hydrogens is 378 g/mol. The van der Waals surface area contributed by atoms with Crippen molar-refractivity contribution in [3.8, 4) is 5.69 Å². The molecule has 2 aromatic rings. The molecule has 164 valence electrons. The van der Waals surface area contributed by atoms with Crippen LogP contribution in [0.5, 0.6) is 0 Å². The van der Waals surface area contributed by atoms with E-state index in [9.17, 15) is 9.59 Å². The molecular formula is C23H35N5O2. The molecule has 0 unspecified atom stereocenters. The molecule has 7 nitrogen and oxygen atoms in total. The lowest BCUT2D eigenvalue weighted by atomic mass is 9.92. The van der Waals surface area contributed by atoms with E-state index in [0.29, 0.717) is 18.9 Å². The van der Waals surface area contributed by atoms with Gasteiger partial charge in [0.25, 0.3) is 0 Å². The van der Waals surface area contributed by atoms with Gasteiger partial charge in [-0.05, 0) is 38.0 Å².